The number of rotatable bonds is 7. The summed E-state index contributed by atoms with van der Waals surface area (Å²) in [7, 11) is 4.38. The third kappa shape index (κ3) is 5.21. The predicted molar refractivity (Wildman–Crippen MR) is 139 cm³/mol. The van der Waals surface area contributed by atoms with Crippen molar-refractivity contribution in [2.45, 2.75) is 25.9 Å². The van der Waals surface area contributed by atoms with Crippen LogP contribution in [0.3, 0.4) is 0 Å². The molecule has 0 unspecified atom stereocenters. The van der Waals surface area contributed by atoms with Crippen LogP contribution < -0.4 is 10.1 Å². The van der Waals surface area contributed by atoms with Crippen LogP contribution in [-0.2, 0) is 11.0 Å². The lowest BCUT2D eigenvalue weighted by molar-refractivity contribution is -0.137. The molecule has 0 radical (unpaired) electrons. The molecule has 0 aliphatic rings. The molecule has 0 fully saturated rings. The fraction of sp³-hybridized carbons (Fsp3) is 0.308. The number of amides is 2. The van der Waals surface area contributed by atoms with Gasteiger partial charge in [-0.05, 0) is 36.2 Å². The fourth-order valence-corrected chi connectivity index (χ4v) is 4.98. The van der Waals surface area contributed by atoms with E-state index in [2.05, 4.69) is 10.4 Å². The van der Waals surface area contributed by atoms with E-state index in [1.165, 1.54) is 36.2 Å². The molecule has 0 atom stereocenters. The van der Waals surface area contributed by atoms with Gasteiger partial charge in [0, 0.05) is 29.9 Å². The summed E-state index contributed by atoms with van der Waals surface area (Å²) in [5.41, 5.74) is 0.677. The van der Waals surface area contributed by atoms with E-state index in [4.69, 9.17) is 9.72 Å². The number of alkyl halides is 3. The van der Waals surface area contributed by atoms with Gasteiger partial charge in [-0.15, -0.1) is 0 Å². The second-order valence-electron chi connectivity index (χ2n) is 8.92. The molecule has 4 aromatic rings. The van der Waals surface area contributed by atoms with Crippen LogP contribution in [0.1, 0.15) is 40.7 Å². The Morgan fingerprint density at radius 2 is 1.92 bits per heavy atom. The van der Waals surface area contributed by atoms with E-state index in [9.17, 15) is 22.8 Å². The highest BCUT2D eigenvalue weighted by Crippen LogP contribution is 2.38. The van der Waals surface area contributed by atoms with Crippen LogP contribution in [0.25, 0.3) is 27.3 Å². The van der Waals surface area contributed by atoms with Gasteiger partial charge >= 0.3 is 6.18 Å². The molecule has 0 spiro atoms. The number of hydrogen-bond donors (Lipinski definition) is 1. The molecular weight excluding hydrogens is 519 g/mol. The van der Waals surface area contributed by atoms with E-state index >= 15 is 0 Å². The van der Waals surface area contributed by atoms with Crippen molar-refractivity contribution < 1.29 is 27.5 Å². The van der Waals surface area contributed by atoms with Gasteiger partial charge < -0.3 is 15.0 Å². The van der Waals surface area contributed by atoms with Crippen LogP contribution in [0.15, 0.2) is 42.5 Å². The van der Waals surface area contributed by atoms with Crippen molar-refractivity contribution in [2.24, 2.45) is 0 Å². The number of nitrogens with one attached hydrogen (secondary N) is 1. The molecule has 1 N–H and O–H groups in total. The predicted octanol–water partition coefficient (Wildman–Crippen LogP) is 5.12. The molecule has 12 heteroatoms. The smallest absolute Gasteiger partial charge is 0.416 e. The van der Waals surface area contributed by atoms with Gasteiger partial charge in [-0.1, -0.05) is 37.3 Å². The topological polar surface area (TPSA) is 89.4 Å². The number of nitrogens with zero attached hydrogens (tertiary/aromatic N) is 4. The first-order valence-electron chi connectivity index (χ1n) is 11.7. The summed E-state index contributed by atoms with van der Waals surface area (Å²) in [5, 5.41) is 7.25. The fourth-order valence-electron chi connectivity index (χ4n) is 3.92. The van der Waals surface area contributed by atoms with E-state index < -0.39 is 23.6 Å². The second kappa shape index (κ2) is 10.4. The largest absolute Gasteiger partial charge is 0.497 e. The normalized spacial score (nSPS) is 11.7. The first-order chi connectivity index (χ1) is 17.9. The van der Waals surface area contributed by atoms with E-state index in [-0.39, 0.29) is 29.1 Å². The molecule has 2 amide bonds. The van der Waals surface area contributed by atoms with Gasteiger partial charge in [-0.3, -0.25) is 9.59 Å². The Morgan fingerprint density at radius 1 is 1.18 bits per heavy atom. The zero-order valence-corrected chi connectivity index (χ0v) is 22.2. The molecular formula is C26H26F3N5O3S. The Balaban J connectivity index is 1.91. The minimum absolute atomic E-state index is 0.0119. The number of carbonyl (C=O) groups excluding carboxylic acids is 2. The number of carbonyl (C=O) groups is 2. The Morgan fingerprint density at radius 3 is 2.55 bits per heavy atom. The molecule has 200 valence electrons. The minimum Gasteiger partial charge on any atom is -0.497 e. The Labute approximate surface area is 221 Å². The quantitative estimate of drug-likeness (QED) is 0.348. The van der Waals surface area contributed by atoms with Crippen LogP contribution in [-0.4, -0.2) is 59.2 Å². The highest BCUT2D eigenvalue weighted by molar-refractivity contribution is 7.14. The van der Waals surface area contributed by atoms with Gasteiger partial charge in [0.05, 0.1) is 30.4 Å². The monoisotopic (exact) mass is 545 g/mol. The third-order valence-electron chi connectivity index (χ3n) is 5.91. The Kier molecular flexibility index (Phi) is 7.45. The van der Waals surface area contributed by atoms with Gasteiger partial charge in [-0.2, -0.15) is 18.3 Å². The van der Waals surface area contributed by atoms with Crippen LogP contribution in [0, 0.1) is 0 Å². The number of methoxy groups -OCH3 is 1. The van der Waals surface area contributed by atoms with Gasteiger partial charge in [0.15, 0.2) is 5.69 Å². The molecule has 2 aromatic heterocycles. The Bertz CT molecular complexity index is 1510. The zero-order chi connectivity index (χ0) is 27.8. The first kappa shape index (κ1) is 27.1. The zero-order valence-electron chi connectivity index (χ0n) is 21.4. The van der Waals surface area contributed by atoms with Crippen molar-refractivity contribution in [3.63, 3.8) is 0 Å². The summed E-state index contributed by atoms with van der Waals surface area (Å²) in [6, 6.07) is 10.5. The summed E-state index contributed by atoms with van der Waals surface area (Å²) in [4.78, 5) is 31.9. The number of thiazole rings is 1. The number of aromatic nitrogens is 3. The average Bonchev–Trinajstić information content (AvgIpc) is 3.49. The summed E-state index contributed by atoms with van der Waals surface area (Å²) >= 11 is 1.34. The third-order valence-corrected chi connectivity index (χ3v) is 7.24. The number of benzene rings is 2. The summed E-state index contributed by atoms with van der Waals surface area (Å²) in [6.45, 7) is 3.75. The molecule has 2 aromatic carbocycles. The lowest BCUT2D eigenvalue weighted by Crippen LogP contribution is -2.37. The maximum absolute atomic E-state index is 13.6. The molecule has 8 nitrogen and oxygen atoms in total. The second-order valence-corrected chi connectivity index (χ2v) is 9.93. The van der Waals surface area contributed by atoms with Crippen molar-refractivity contribution in [1.29, 1.82) is 0 Å². The SMILES string of the molecule is CNC(=O)CN(C)C(=O)c1nn(-c2nc(-c3cccc(OC)c3)c(C(C)C)s2)c2ccc(C(F)(F)F)cc12. The number of fused-ring (bicyclic) bond motifs is 1. The maximum atomic E-state index is 13.6. The highest BCUT2D eigenvalue weighted by atomic mass is 32.1. The number of likely N-dealkylation sites (N-methyl/N-ethyl adjacent to an activating group) is 2. The summed E-state index contributed by atoms with van der Waals surface area (Å²) in [5.74, 6) is -0.376. The van der Waals surface area contributed by atoms with Crippen molar-refractivity contribution in [1.82, 2.24) is 25.0 Å². The molecule has 0 aliphatic heterocycles. The van der Waals surface area contributed by atoms with E-state index in [1.807, 2.05) is 38.1 Å². The van der Waals surface area contributed by atoms with Crippen molar-refractivity contribution in [3.8, 4) is 22.1 Å². The minimum atomic E-state index is -4.61. The first-order valence-corrected chi connectivity index (χ1v) is 12.5. The highest BCUT2D eigenvalue weighted by Gasteiger charge is 2.33. The van der Waals surface area contributed by atoms with E-state index in [0.29, 0.717) is 16.6 Å². The van der Waals surface area contributed by atoms with Gasteiger partial charge in [0.1, 0.15) is 5.75 Å². The van der Waals surface area contributed by atoms with Crippen LogP contribution in [0.5, 0.6) is 5.75 Å². The molecule has 38 heavy (non-hydrogen) atoms. The van der Waals surface area contributed by atoms with Crippen LogP contribution >= 0.6 is 11.3 Å². The average molecular weight is 546 g/mol. The lowest BCUT2D eigenvalue weighted by Gasteiger charge is -2.14. The number of ether oxygens (including phenoxy) is 1. The number of hydrogen-bond acceptors (Lipinski definition) is 6. The van der Waals surface area contributed by atoms with Crippen LogP contribution in [0.2, 0.25) is 0 Å². The van der Waals surface area contributed by atoms with Crippen LogP contribution in [0.4, 0.5) is 13.2 Å². The molecule has 4 rings (SSSR count). The van der Waals surface area contributed by atoms with Crippen molar-refractivity contribution in [3.05, 3.63) is 58.6 Å². The van der Waals surface area contributed by atoms with E-state index in [1.54, 1.807) is 7.11 Å². The Hall–Kier alpha value is -3.93. The lowest BCUT2D eigenvalue weighted by atomic mass is 10.1. The van der Waals surface area contributed by atoms with Gasteiger partial charge in [0.2, 0.25) is 11.0 Å². The molecule has 0 bridgehead atoms. The van der Waals surface area contributed by atoms with E-state index in [0.717, 1.165) is 27.5 Å². The molecule has 0 aliphatic carbocycles. The molecule has 0 saturated carbocycles. The number of halogens is 3. The molecule has 0 saturated heterocycles. The van der Waals surface area contributed by atoms with Gasteiger partial charge in [0.25, 0.3) is 5.91 Å². The maximum Gasteiger partial charge on any atom is 0.416 e. The summed E-state index contributed by atoms with van der Waals surface area (Å²) in [6.07, 6.45) is -4.61. The molecule has 2 heterocycles. The van der Waals surface area contributed by atoms with Gasteiger partial charge in [-0.25, -0.2) is 9.67 Å². The standard InChI is InChI=1S/C26H26F3N5O3S/c1-14(2)23-21(15-7-6-8-17(11-15)37-5)31-25(38-23)34-19-10-9-16(26(27,28)29)12-18(19)22(32-34)24(36)33(4)13-20(35)30-3/h6-12,14H,13H2,1-5H3,(H,30,35). The summed E-state index contributed by atoms with van der Waals surface area (Å²) < 4.78 is 47.4. The van der Waals surface area contributed by atoms with Crippen molar-refractivity contribution >= 4 is 34.1 Å². The van der Waals surface area contributed by atoms with Crippen molar-refractivity contribution in [2.75, 3.05) is 27.7 Å².